The number of nitrogens with two attached hydrogens (primary N) is 1. The van der Waals surface area contributed by atoms with Gasteiger partial charge < -0.3 is 10.3 Å². The topological polar surface area (TPSA) is 52.0 Å². The highest BCUT2D eigenvalue weighted by atomic mass is 79.9. The summed E-state index contributed by atoms with van der Waals surface area (Å²) in [4.78, 5) is 0. The summed E-state index contributed by atoms with van der Waals surface area (Å²) in [5, 5.41) is 4.19. The van der Waals surface area contributed by atoms with E-state index in [9.17, 15) is 0 Å². The molecule has 0 unspecified atom stereocenters. The molecule has 0 radical (unpaired) electrons. The van der Waals surface area contributed by atoms with E-state index in [1.54, 1.807) is 0 Å². The molecule has 0 amide bonds. The monoisotopic (exact) mass is 306 g/mol. The van der Waals surface area contributed by atoms with Gasteiger partial charge in [-0.3, -0.25) is 0 Å². The van der Waals surface area contributed by atoms with Crippen molar-refractivity contribution < 1.29 is 4.52 Å². The van der Waals surface area contributed by atoms with Crippen LogP contribution in [0.3, 0.4) is 0 Å². The van der Waals surface area contributed by atoms with Crippen molar-refractivity contribution in [2.24, 2.45) is 0 Å². The van der Waals surface area contributed by atoms with E-state index in [1.807, 2.05) is 24.3 Å². The second kappa shape index (κ2) is 4.76. The zero-order chi connectivity index (χ0) is 12.5. The lowest BCUT2D eigenvalue weighted by atomic mass is 9.96. The average molecular weight is 307 g/mol. The van der Waals surface area contributed by atoms with E-state index < -0.39 is 0 Å². The lowest BCUT2D eigenvalue weighted by molar-refractivity contribution is 0.420. The van der Waals surface area contributed by atoms with Crippen molar-refractivity contribution >= 4 is 21.8 Å². The molecular weight excluding hydrogens is 292 g/mol. The number of hydrogen-bond acceptors (Lipinski definition) is 3. The minimum Gasteiger partial charge on any atom is -0.367 e. The van der Waals surface area contributed by atoms with Gasteiger partial charge in [-0.25, -0.2) is 0 Å². The lowest BCUT2D eigenvalue weighted by Crippen LogP contribution is -1.96. The molecule has 0 atom stereocenters. The first-order valence-electron chi connectivity index (χ1n) is 6.27. The molecule has 4 heteroatoms. The second-order valence-corrected chi connectivity index (χ2v) is 5.62. The molecule has 18 heavy (non-hydrogen) atoms. The van der Waals surface area contributed by atoms with Crippen LogP contribution in [0.4, 0.5) is 5.88 Å². The molecule has 2 aromatic rings. The standard InChI is InChI=1S/C14H15BrN2O/c15-11-8-4-3-7-10(11)12-13(17-18-14(12)16)9-5-1-2-6-9/h3-4,7-9H,1-2,5-6,16H2. The van der Waals surface area contributed by atoms with Gasteiger partial charge in [0.25, 0.3) is 0 Å². The summed E-state index contributed by atoms with van der Waals surface area (Å²) in [6, 6.07) is 8.06. The summed E-state index contributed by atoms with van der Waals surface area (Å²) in [5.41, 5.74) is 9.02. The number of halogens is 1. The SMILES string of the molecule is Nc1onc(C2CCCC2)c1-c1ccccc1Br. The fraction of sp³-hybridized carbons (Fsp3) is 0.357. The van der Waals surface area contributed by atoms with Gasteiger partial charge in [0.05, 0.1) is 11.3 Å². The van der Waals surface area contributed by atoms with E-state index in [2.05, 4.69) is 21.1 Å². The predicted octanol–water partition coefficient (Wildman–Crippen LogP) is 4.34. The molecule has 1 aromatic carbocycles. The van der Waals surface area contributed by atoms with Gasteiger partial charge in [0.15, 0.2) is 0 Å². The summed E-state index contributed by atoms with van der Waals surface area (Å²) in [7, 11) is 0. The first kappa shape index (κ1) is 11.8. The van der Waals surface area contributed by atoms with Gasteiger partial charge >= 0.3 is 0 Å². The normalized spacial score (nSPS) is 16.3. The highest BCUT2D eigenvalue weighted by Crippen LogP contribution is 2.42. The minimum atomic E-state index is 0.420. The molecule has 1 aliphatic rings. The third kappa shape index (κ3) is 1.94. The maximum Gasteiger partial charge on any atom is 0.230 e. The van der Waals surface area contributed by atoms with E-state index >= 15 is 0 Å². The summed E-state index contributed by atoms with van der Waals surface area (Å²) < 4.78 is 6.25. The van der Waals surface area contributed by atoms with Crippen LogP contribution >= 0.6 is 15.9 Å². The fourth-order valence-electron chi connectivity index (χ4n) is 2.73. The Bertz CT molecular complexity index is 559. The molecule has 2 N–H and O–H groups in total. The molecular formula is C14H15BrN2O. The third-order valence-electron chi connectivity index (χ3n) is 3.63. The van der Waals surface area contributed by atoms with E-state index in [4.69, 9.17) is 10.3 Å². The van der Waals surface area contributed by atoms with Crippen LogP contribution in [0.5, 0.6) is 0 Å². The quantitative estimate of drug-likeness (QED) is 0.897. The molecule has 0 bridgehead atoms. The Kier molecular flexibility index (Phi) is 3.12. The van der Waals surface area contributed by atoms with Crippen molar-refractivity contribution in [3.63, 3.8) is 0 Å². The summed E-state index contributed by atoms with van der Waals surface area (Å²) in [6.45, 7) is 0. The third-order valence-corrected chi connectivity index (χ3v) is 4.32. The summed E-state index contributed by atoms with van der Waals surface area (Å²) in [5.74, 6) is 0.914. The maximum atomic E-state index is 5.96. The van der Waals surface area contributed by atoms with Crippen LogP contribution in [0.25, 0.3) is 11.1 Å². The van der Waals surface area contributed by atoms with Crippen LogP contribution in [0.1, 0.15) is 37.3 Å². The Morgan fingerprint density at radius 2 is 1.94 bits per heavy atom. The fourth-order valence-corrected chi connectivity index (χ4v) is 3.21. The Labute approximate surface area is 114 Å². The average Bonchev–Trinajstić information content (AvgIpc) is 2.99. The molecule has 1 heterocycles. The van der Waals surface area contributed by atoms with Crippen molar-refractivity contribution in [1.29, 1.82) is 0 Å². The predicted molar refractivity (Wildman–Crippen MR) is 75.3 cm³/mol. The molecule has 0 spiro atoms. The number of rotatable bonds is 2. The highest BCUT2D eigenvalue weighted by molar-refractivity contribution is 9.10. The second-order valence-electron chi connectivity index (χ2n) is 4.77. The number of anilines is 1. The van der Waals surface area contributed by atoms with E-state index in [1.165, 1.54) is 25.7 Å². The van der Waals surface area contributed by atoms with Gasteiger partial charge in [0.1, 0.15) is 0 Å². The molecule has 1 aliphatic carbocycles. The number of nitrogens with zero attached hydrogens (tertiary/aromatic N) is 1. The minimum absolute atomic E-state index is 0.420. The zero-order valence-electron chi connectivity index (χ0n) is 10.0. The van der Waals surface area contributed by atoms with Crippen LogP contribution in [-0.4, -0.2) is 5.16 Å². The van der Waals surface area contributed by atoms with Crippen molar-refractivity contribution in [3.05, 3.63) is 34.4 Å². The number of nitrogen functional groups attached to an aromatic ring is 1. The Hall–Kier alpha value is -1.29. The van der Waals surface area contributed by atoms with Crippen LogP contribution < -0.4 is 5.73 Å². The Morgan fingerprint density at radius 3 is 2.67 bits per heavy atom. The van der Waals surface area contributed by atoms with E-state index in [-0.39, 0.29) is 0 Å². The van der Waals surface area contributed by atoms with Gasteiger partial charge in [-0.05, 0) is 18.9 Å². The molecule has 94 valence electrons. The maximum absolute atomic E-state index is 5.96. The first-order valence-corrected chi connectivity index (χ1v) is 7.06. The molecule has 1 aromatic heterocycles. The van der Waals surface area contributed by atoms with Crippen LogP contribution in [0.2, 0.25) is 0 Å². The van der Waals surface area contributed by atoms with Crippen molar-refractivity contribution in [3.8, 4) is 11.1 Å². The van der Waals surface area contributed by atoms with E-state index in [0.29, 0.717) is 11.8 Å². The molecule has 1 fully saturated rings. The highest BCUT2D eigenvalue weighted by Gasteiger charge is 2.27. The summed E-state index contributed by atoms with van der Waals surface area (Å²) in [6.07, 6.45) is 4.91. The van der Waals surface area contributed by atoms with Crippen LogP contribution in [-0.2, 0) is 0 Å². The van der Waals surface area contributed by atoms with Crippen molar-refractivity contribution in [1.82, 2.24) is 5.16 Å². The number of hydrogen-bond donors (Lipinski definition) is 1. The molecule has 3 rings (SSSR count). The zero-order valence-corrected chi connectivity index (χ0v) is 11.6. The number of aromatic nitrogens is 1. The molecule has 0 aliphatic heterocycles. The largest absolute Gasteiger partial charge is 0.367 e. The first-order chi connectivity index (χ1) is 8.77. The van der Waals surface area contributed by atoms with Gasteiger partial charge in [-0.2, -0.15) is 0 Å². The van der Waals surface area contributed by atoms with Gasteiger partial charge in [0, 0.05) is 16.0 Å². The van der Waals surface area contributed by atoms with Gasteiger partial charge in [0.2, 0.25) is 5.88 Å². The van der Waals surface area contributed by atoms with Crippen LogP contribution in [0.15, 0.2) is 33.3 Å². The number of benzene rings is 1. The van der Waals surface area contributed by atoms with Gasteiger partial charge in [-0.1, -0.05) is 52.1 Å². The van der Waals surface area contributed by atoms with Crippen molar-refractivity contribution in [2.45, 2.75) is 31.6 Å². The lowest BCUT2D eigenvalue weighted by Gasteiger charge is -2.09. The smallest absolute Gasteiger partial charge is 0.230 e. The Morgan fingerprint density at radius 1 is 1.22 bits per heavy atom. The summed E-state index contributed by atoms with van der Waals surface area (Å²) >= 11 is 3.57. The van der Waals surface area contributed by atoms with Gasteiger partial charge in [-0.15, -0.1) is 0 Å². The molecule has 3 nitrogen and oxygen atoms in total. The molecule has 0 saturated heterocycles. The molecule has 1 saturated carbocycles. The Balaban J connectivity index is 2.11. The van der Waals surface area contributed by atoms with E-state index in [0.717, 1.165) is 21.3 Å². The van der Waals surface area contributed by atoms with Crippen LogP contribution in [0, 0.1) is 0 Å². The van der Waals surface area contributed by atoms with Crippen molar-refractivity contribution in [2.75, 3.05) is 5.73 Å².